The number of nitrogens with zero attached hydrogens (tertiary/aromatic N) is 1. The molecule has 1 aliphatic heterocycles. The summed E-state index contributed by atoms with van der Waals surface area (Å²) in [5, 5.41) is 9.02. The average molecular weight is 261 g/mol. The van der Waals surface area contributed by atoms with Crippen molar-refractivity contribution in [2.75, 3.05) is 19.7 Å². The van der Waals surface area contributed by atoms with Crippen molar-refractivity contribution < 1.29 is 9.90 Å². The molecule has 1 unspecified atom stereocenters. The van der Waals surface area contributed by atoms with Gasteiger partial charge in [-0.25, -0.2) is 0 Å². The molecule has 0 spiro atoms. The van der Waals surface area contributed by atoms with E-state index in [1.807, 2.05) is 30.0 Å². The second-order valence-electron chi connectivity index (χ2n) is 5.57. The van der Waals surface area contributed by atoms with Crippen LogP contribution in [0.25, 0.3) is 0 Å². The molecular formula is C16H23NO2. The Balaban J connectivity index is 2.08. The summed E-state index contributed by atoms with van der Waals surface area (Å²) in [6.07, 6.45) is 2.97. The predicted molar refractivity (Wildman–Crippen MR) is 76.2 cm³/mol. The Labute approximate surface area is 115 Å². The molecule has 2 rings (SSSR count). The van der Waals surface area contributed by atoms with Gasteiger partial charge in [-0.15, -0.1) is 0 Å². The minimum Gasteiger partial charge on any atom is -0.396 e. The fourth-order valence-electron chi connectivity index (χ4n) is 2.72. The first kappa shape index (κ1) is 14.1. The van der Waals surface area contributed by atoms with Gasteiger partial charge in [-0.05, 0) is 62.3 Å². The summed E-state index contributed by atoms with van der Waals surface area (Å²) in [5.74, 6) is 0.583. The van der Waals surface area contributed by atoms with Crippen LogP contribution in [-0.2, 0) is 0 Å². The highest BCUT2D eigenvalue weighted by Crippen LogP contribution is 2.21. The zero-order chi connectivity index (χ0) is 13.8. The molecule has 1 aliphatic rings. The van der Waals surface area contributed by atoms with Crippen LogP contribution in [0.3, 0.4) is 0 Å². The van der Waals surface area contributed by atoms with Gasteiger partial charge in [-0.2, -0.15) is 0 Å². The van der Waals surface area contributed by atoms with Gasteiger partial charge in [-0.1, -0.05) is 6.07 Å². The van der Waals surface area contributed by atoms with Crippen LogP contribution in [0.1, 0.15) is 40.7 Å². The van der Waals surface area contributed by atoms with Gasteiger partial charge in [0.1, 0.15) is 0 Å². The maximum absolute atomic E-state index is 12.5. The number of hydrogen-bond acceptors (Lipinski definition) is 2. The molecule has 19 heavy (non-hydrogen) atoms. The number of carbonyl (C=O) groups is 1. The van der Waals surface area contributed by atoms with Gasteiger partial charge in [-0.3, -0.25) is 4.79 Å². The molecule has 1 N–H and O–H groups in total. The fraction of sp³-hybridized carbons (Fsp3) is 0.562. The first-order valence-corrected chi connectivity index (χ1v) is 7.09. The molecule has 0 saturated carbocycles. The van der Waals surface area contributed by atoms with E-state index in [1.165, 1.54) is 5.56 Å². The van der Waals surface area contributed by atoms with Crippen LogP contribution < -0.4 is 0 Å². The fourth-order valence-corrected chi connectivity index (χ4v) is 2.72. The molecule has 3 nitrogen and oxygen atoms in total. The molecule has 1 atom stereocenters. The van der Waals surface area contributed by atoms with Crippen molar-refractivity contribution in [3.63, 3.8) is 0 Å². The number of aryl methyl sites for hydroxylation is 2. The first-order chi connectivity index (χ1) is 9.11. The van der Waals surface area contributed by atoms with Crippen molar-refractivity contribution in [1.82, 2.24) is 4.90 Å². The van der Waals surface area contributed by atoms with E-state index in [0.717, 1.165) is 43.5 Å². The number of hydrogen-bond donors (Lipinski definition) is 1. The van der Waals surface area contributed by atoms with E-state index in [1.54, 1.807) is 0 Å². The Bertz CT molecular complexity index is 454. The van der Waals surface area contributed by atoms with E-state index in [-0.39, 0.29) is 12.5 Å². The summed E-state index contributed by atoms with van der Waals surface area (Å²) in [7, 11) is 0. The lowest BCUT2D eigenvalue weighted by molar-refractivity contribution is 0.0653. The summed E-state index contributed by atoms with van der Waals surface area (Å²) < 4.78 is 0. The van der Waals surface area contributed by atoms with E-state index >= 15 is 0 Å². The number of carbonyl (C=O) groups excluding carboxylic acids is 1. The highest BCUT2D eigenvalue weighted by Gasteiger charge is 2.24. The first-order valence-electron chi connectivity index (χ1n) is 7.09. The van der Waals surface area contributed by atoms with Crippen LogP contribution in [0.5, 0.6) is 0 Å². The third-order valence-corrected chi connectivity index (χ3v) is 4.10. The van der Waals surface area contributed by atoms with Crippen molar-refractivity contribution in [2.45, 2.75) is 33.1 Å². The molecule has 1 aromatic carbocycles. The van der Waals surface area contributed by atoms with E-state index in [0.29, 0.717) is 5.92 Å². The Morgan fingerprint density at radius 3 is 2.84 bits per heavy atom. The van der Waals surface area contributed by atoms with E-state index in [9.17, 15) is 4.79 Å². The smallest absolute Gasteiger partial charge is 0.253 e. The Morgan fingerprint density at radius 1 is 1.37 bits per heavy atom. The van der Waals surface area contributed by atoms with Gasteiger partial charge in [0.15, 0.2) is 0 Å². The summed E-state index contributed by atoms with van der Waals surface area (Å²) in [5.41, 5.74) is 3.16. The topological polar surface area (TPSA) is 40.5 Å². The highest BCUT2D eigenvalue weighted by atomic mass is 16.3. The van der Waals surface area contributed by atoms with Crippen LogP contribution in [0.4, 0.5) is 0 Å². The second-order valence-corrected chi connectivity index (χ2v) is 5.57. The number of aliphatic hydroxyl groups excluding tert-OH is 1. The zero-order valence-corrected chi connectivity index (χ0v) is 11.9. The van der Waals surface area contributed by atoms with Gasteiger partial charge in [0, 0.05) is 25.3 Å². The standard InChI is InChI=1S/C16H23NO2/c1-12-5-6-15(10-13(12)2)16(19)17-8-3-4-14(11-17)7-9-18/h5-6,10,14,18H,3-4,7-9,11H2,1-2H3. The van der Waals surface area contributed by atoms with Crippen LogP contribution >= 0.6 is 0 Å². The molecule has 0 aromatic heterocycles. The zero-order valence-electron chi connectivity index (χ0n) is 11.9. The maximum Gasteiger partial charge on any atom is 0.253 e. The van der Waals surface area contributed by atoms with Gasteiger partial charge in [0.2, 0.25) is 0 Å². The number of piperidine rings is 1. The minimum absolute atomic E-state index is 0.130. The lowest BCUT2D eigenvalue weighted by Crippen LogP contribution is -2.40. The highest BCUT2D eigenvalue weighted by molar-refractivity contribution is 5.94. The number of benzene rings is 1. The minimum atomic E-state index is 0.130. The third-order valence-electron chi connectivity index (χ3n) is 4.10. The molecule has 1 heterocycles. The molecular weight excluding hydrogens is 238 g/mol. The summed E-state index contributed by atoms with van der Waals surface area (Å²) in [4.78, 5) is 14.4. The van der Waals surface area contributed by atoms with Crippen molar-refractivity contribution in [1.29, 1.82) is 0 Å². The van der Waals surface area contributed by atoms with Crippen LogP contribution in [0.2, 0.25) is 0 Å². The van der Waals surface area contributed by atoms with E-state index in [2.05, 4.69) is 6.92 Å². The second kappa shape index (κ2) is 6.20. The normalized spacial score (nSPS) is 19.5. The van der Waals surface area contributed by atoms with Gasteiger partial charge in [0.25, 0.3) is 5.91 Å². The van der Waals surface area contributed by atoms with Crippen molar-refractivity contribution in [3.8, 4) is 0 Å². The van der Waals surface area contributed by atoms with Gasteiger partial charge < -0.3 is 10.0 Å². The number of rotatable bonds is 3. The van der Waals surface area contributed by atoms with Gasteiger partial charge in [0.05, 0.1) is 0 Å². The Hall–Kier alpha value is -1.35. The monoisotopic (exact) mass is 261 g/mol. The quantitative estimate of drug-likeness (QED) is 0.908. The van der Waals surface area contributed by atoms with Crippen molar-refractivity contribution >= 4 is 5.91 Å². The summed E-state index contributed by atoms with van der Waals surface area (Å²) in [6.45, 7) is 5.94. The van der Waals surface area contributed by atoms with Gasteiger partial charge >= 0.3 is 0 Å². The molecule has 0 radical (unpaired) electrons. The molecule has 3 heteroatoms. The number of amides is 1. The van der Waals surface area contributed by atoms with Crippen molar-refractivity contribution in [2.24, 2.45) is 5.92 Å². The summed E-state index contributed by atoms with van der Waals surface area (Å²) >= 11 is 0. The molecule has 0 bridgehead atoms. The number of likely N-dealkylation sites (tertiary alicyclic amines) is 1. The van der Waals surface area contributed by atoms with E-state index < -0.39 is 0 Å². The molecule has 104 valence electrons. The lowest BCUT2D eigenvalue weighted by Gasteiger charge is -2.32. The lowest BCUT2D eigenvalue weighted by atomic mass is 9.94. The molecule has 1 saturated heterocycles. The molecule has 0 aliphatic carbocycles. The largest absolute Gasteiger partial charge is 0.396 e. The third kappa shape index (κ3) is 3.35. The Kier molecular flexibility index (Phi) is 4.59. The molecule has 1 aromatic rings. The molecule has 1 amide bonds. The number of aliphatic hydroxyl groups is 1. The van der Waals surface area contributed by atoms with Crippen molar-refractivity contribution in [3.05, 3.63) is 34.9 Å². The maximum atomic E-state index is 12.5. The Morgan fingerprint density at radius 2 is 2.16 bits per heavy atom. The van der Waals surface area contributed by atoms with Crippen LogP contribution in [0.15, 0.2) is 18.2 Å². The molecule has 1 fully saturated rings. The predicted octanol–water partition coefficient (Wildman–Crippen LogP) is 2.54. The summed E-state index contributed by atoms with van der Waals surface area (Å²) in [6, 6.07) is 5.91. The SMILES string of the molecule is Cc1ccc(C(=O)N2CCCC(CCO)C2)cc1C. The van der Waals surface area contributed by atoms with E-state index in [4.69, 9.17) is 5.11 Å². The van der Waals surface area contributed by atoms with Crippen LogP contribution in [0, 0.1) is 19.8 Å². The van der Waals surface area contributed by atoms with Crippen LogP contribution in [-0.4, -0.2) is 35.6 Å². The average Bonchev–Trinajstić information content (AvgIpc) is 2.42.